The van der Waals surface area contributed by atoms with E-state index in [4.69, 9.17) is 16.3 Å². The number of hydrogen-bond acceptors (Lipinski definition) is 4. The summed E-state index contributed by atoms with van der Waals surface area (Å²) in [7, 11) is 0. The Balaban J connectivity index is 0.000000528. The topological polar surface area (TPSA) is 42.7 Å². The van der Waals surface area contributed by atoms with Crippen molar-refractivity contribution in [3.05, 3.63) is 23.6 Å². The van der Waals surface area contributed by atoms with Crippen LogP contribution in [0.1, 0.15) is 13.8 Å². The molecule has 2 aliphatic heterocycles. The molecule has 0 N–H and O–H groups in total. The Kier molecular flexibility index (Phi) is 3.11. The molecule has 2 aliphatic rings. The highest BCUT2D eigenvalue weighted by Crippen LogP contribution is 2.40. The van der Waals surface area contributed by atoms with Gasteiger partial charge in [-0.05, 0) is 23.7 Å². The number of anilines is 1. The summed E-state index contributed by atoms with van der Waals surface area (Å²) in [5, 5.41) is 4.41. The quantitative estimate of drug-likeness (QED) is 0.803. The van der Waals surface area contributed by atoms with Crippen LogP contribution in [0.4, 0.5) is 5.82 Å². The van der Waals surface area contributed by atoms with Crippen LogP contribution >= 0.6 is 11.6 Å². The van der Waals surface area contributed by atoms with Crippen molar-refractivity contribution >= 4 is 22.9 Å². The van der Waals surface area contributed by atoms with E-state index >= 15 is 0 Å². The van der Waals surface area contributed by atoms with E-state index in [0.717, 1.165) is 37.6 Å². The van der Waals surface area contributed by atoms with Gasteiger partial charge in [0.15, 0.2) is 5.82 Å². The Morgan fingerprint density at radius 1 is 1.32 bits per heavy atom. The zero-order valence-corrected chi connectivity index (χ0v) is 11.9. The smallest absolute Gasteiger partial charge is 0.243 e. The number of hydrogen-bond donors (Lipinski definition) is 0. The van der Waals surface area contributed by atoms with Crippen LogP contribution in [-0.2, 0) is 4.74 Å². The fraction of sp³-hybridized carbons (Fsp3) is 0.538. The van der Waals surface area contributed by atoms with Crippen LogP contribution in [0.15, 0.2) is 18.3 Å². The van der Waals surface area contributed by atoms with Crippen molar-refractivity contribution in [3.8, 4) is 0 Å². The van der Waals surface area contributed by atoms with Gasteiger partial charge < -0.3 is 9.64 Å². The molecular formula is C13H17ClN4O. The molecule has 2 aromatic heterocycles. The molecular weight excluding hydrogens is 264 g/mol. The van der Waals surface area contributed by atoms with Gasteiger partial charge in [-0.3, -0.25) is 0 Å². The summed E-state index contributed by atoms with van der Waals surface area (Å²) in [6.45, 7) is 7.75. The Morgan fingerprint density at radius 2 is 2.05 bits per heavy atom. The molecule has 102 valence electrons. The SMILES string of the molecule is CC.Clc1nc(N2CC3(COC3)C2)c2cccn2n1. The first-order chi connectivity index (χ1) is 9.26. The average molecular weight is 281 g/mol. The van der Waals surface area contributed by atoms with Gasteiger partial charge in [-0.2, -0.15) is 4.98 Å². The summed E-state index contributed by atoms with van der Waals surface area (Å²) >= 11 is 5.93. The van der Waals surface area contributed by atoms with Gasteiger partial charge >= 0.3 is 0 Å². The van der Waals surface area contributed by atoms with E-state index in [1.165, 1.54) is 0 Å². The van der Waals surface area contributed by atoms with Crippen molar-refractivity contribution in [2.24, 2.45) is 5.41 Å². The van der Waals surface area contributed by atoms with Crippen molar-refractivity contribution in [2.45, 2.75) is 13.8 Å². The number of nitrogens with zero attached hydrogens (tertiary/aromatic N) is 4. The molecule has 0 aromatic carbocycles. The lowest BCUT2D eigenvalue weighted by Gasteiger charge is -2.55. The van der Waals surface area contributed by atoms with Crippen molar-refractivity contribution in [2.75, 3.05) is 31.2 Å². The lowest BCUT2D eigenvalue weighted by Crippen LogP contribution is -2.66. The third kappa shape index (κ3) is 1.97. The molecule has 5 nitrogen and oxygen atoms in total. The molecule has 0 aliphatic carbocycles. The molecule has 1 spiro atoms. The van der Waals surface area contributed by atoms with Crippen LogP contribution in [0, 0.1) is 5.41 Å². The number of ether oxygens (including phenoxy) is 1. The molecule has 0 radical (unpaired) electrons. The number of halogens is 1. The van der Waals surface area contributed by atoms with Gasteiger partial charge in [0.05, 0.1) is 18.6 Å². The zero-order valence-electron chi connectivity index (χ0n) is 11.1. The Labute approximate surface area is 117 Å². The second kappa shape index (κ2) is 4.65. The summed E-state index contributed by atoms with van der Waals surface area (Å²) in [5.41, 5.74) is 1.38. The summed E-state index contributed by atoms with van der Waals surface area (Å²) in [6.07, 6.45) is 1.88. The van der Waals surface area contributed by atoms with Gasteiger partial charge in [-0.1, -0.05) is 13.8 Å². The molecule has 0 unspecified atom stereocenters. The second-order valence-corrected chi connectivity index (χ2v) is 5.23. The zero-order chi connectivity index (χ0) is 13.5. The summed E-state index contributed by atoms with van der Waals surface area (Å²) in [4.78, 5) is 6.58. The normalized spacial score (nSPS) is 19.6. The minimum Gasteiger partial charge on any atom is -0.380 e. The van der Waals surface area contributed by atoms with E-state index in [1.54, 1.807) is 4.52 Å². The third-order valence-corrected chi connectivity index (χ3v) is 3.67. The van der Waals surface area contributed by atoms with Gasteiger partial charge in [0, 0.05) is 19.3 Å². The van der Waals surface area contributed by atoms with Crippen molar-refractivity contribution in [1.82, 2.24) is 14.6 Å². The molecule has 0 bridgehead atoms. The van der Waals surface area contributed by atoms with Crippen LogP contribution < -0.4 is 4.90 Å². The summed E-state index contributed by atoms with van der Waals surface area (Å²) in [6, 6.07) is 3.96. The maximum absolute atomic E-state index is 5.93. The van der Waals surface area contributed by atoms with E-state index in [0.29, 0.717) is 5.41 Å². The highest BCUT2D eigenvalue weighted by molar-refractivity contribution is 6.28. The van der Waals surface area contributed by atoms with Gasteiger partial charge in [-0.25, -0.2) is 4.52 Å². The van der Waals surface area contributed by atoms with Gasteiger partial charge in [-0.15, -0.1) is 5.10 Å². The van der Waals surface area contributed by atoms with Crippen LogP contribution in [0.5, 0.6) is 0 Å². The van der Waals surface area contributed by atoms with Gasteiger partial charge in [0.25, 0.3) is 0 Å². The lowest BCUT2D eigenvalue weighted by molar-refractivity contribution is -0.127. The molecule has 0 amide bonds. The Hall–Kier alpha value is -1.33. The van der Waals surface area contributed by atoms with Crippen molar-refractivity contribution < 1.29 is 4.74 Å². The number of fused-ring (bicyclic) bond motifs is 1. The molecule has 4 heterocycles. The highest BCUT2D eigenvalue weighted by atomic mass is 35.5. The predicted octanol–water partition coefficient (Wildman–Crippen LogP) is 2.25. The minimum atomic E-state index is 0.287. The molecule has 0 saturated carbocycles. The fourth-order valence-electron chi connectivity index (χ4n) is 2.61. The van der Waals surface area contributed by atoms with E-state index in [9.17, 15) is 0 Å². The molecule has 0 atom stereocenters. The van der Waals surface area contributed by atoms with E-state index in [1.807, 2.05) is 32.2 Å². The van der Waals surface area contributed by atoms with Gasteiger partial charge in [0.2, 0.25) is 5.28 Å². The van der Waals surface area contributed by atoms with E-state index in [-0.39, 0.29) is 5.28 Å². The maximum Gasteiger partial charge on any atom is 0.243 e. The molecule has 6 heteroatoms. The van der Waals surface area contributed by atoms with Crippen LogP contribution in [0.3, 0.4) is 0 Å². The third-order valence-electron chi connectivity index (χ3n) is 3.51. The van der Waals surface area contributed by atoms with Crippen LogP contribution in [0.2, 0.25) is 5.28 Å². The minimum absolute atomic E-state index is 0.287. The lowest BCUT2D eigenvalue weighted by atomic mass is 9.78. The molecule has 19 heavy (non-hydrogen) atoms. The largest absolute Gasteiger partial charge is 0.380 e. The molecule has 2 saturated heterocycles. The maximum atomic E-state index is 5.93. The fourth-order valence-corrected chi connectivity index (χ4v) is 2.77. The highest BCUT2D eigenvalue weighted by Gasteiger charge is 2.49. The van der Waals surface area contributed by atoms with E-state index < -0.39 is 0 Å². The standard InChI is InChI=1S/C11H11ClN4O.C2H6/c12-10-13-9(8-2-1-3-16(8)14-10)15-4-11(5-15)6-17-7-11;1-2/h1-3H,4-7H2;1-2H3. The summed E-state index contributed by atoms with van der Waals surface area (Å²) in [5.74, 6) is 0.924. The van der Waals surface area contributed by atoms with Crippen LogP contribution in [0.25, 0.3) is 5.52 Å². The molecule has 2 aromatic rings. The number of aromatic nitrogens is 3. The predicted molar refractivity (Wildman–Crippen MR) is 74.8 cm³/mol. The van der Waals surface area contributed by atoms with Crippen molar-refractivity contribution in [1.29, 1.82) is 0 Å². The van der Waals surface area contributed by atoms with Crippen molar-refractivity contribution in [3.63, 3.8) is 0 Å². The summed E-state index contributed by atoms with van der Waals surface area (Å²) < 4.78 is 7.04. The first-order valence-electron chi connectivity index (χ1n) is 6.59. The first kappa shape index (κ1) is 12.7. The molecule has 4 rings (SSSR count). The molecule has 2 fully saturated rings. The number of rotatable bonds is 1. The monoisotopic (exact) mass is 280 g/mol. The average Bonchev–Trinajstić information content (AvgIpc) is 2.75. The van der Waals surface area contributed by atoms with E-state index in [2.05, 4.69) is 15.0 Å². The Bertz CT molecular complexity index is 585. The first-order valence-corrected chi connectivity index (χ1v) is 6.97. The Morgan fingerprint density at radius 3 is 2.68 bits per heavy atom. The second-order valence-electron chi connectivity index (χ2n) is 4.89. The van der Waals surface area contributed by atoms with Crippen LogP contribution in [-0.4, -0.2) is 40.9 Å². The van der Waals surface area contributed by atoms with Gasteiger partial charge in [0.1, 0.15) is 5.52 Å².